The molecule has 1 aromatic heterocycles. The van der Waals surface area contributed by atoms with E-state index in [9.17, 15) is 18.0 Å². The van der Waals surface area contributed by atoms with Gasteiger partial charge in [0.1, 0.15) is 5.82 Å². The Hall–Kier alpha value is -1.54. The maximum atomic E-state index is 12.5. The zero-order valence-corrected chi connectivity index (χ0v) is 14.0. The molecule has 24 heavy (non-hydrogen) atoms. The van der Waals surface area contributed by atoms with Crippen LogP contribution in [0.3, 0.4) is 0 Å². The summed E-state index contributed by atoms with van der Waals surface area (Å²) in [5, 5.41) is 5.80. The van der Waals surface area contributed by atoms with E-state index in [1.54, 1.807) is 0 Å². The van der Waals surface area contributed by atoms with Gasteiger partial charge >= 0.3 is 6.18 Å². The highest BCUT2D eigenvalue weighted by Crippen LogP contribution is 2.32. The van der Waals surface area contributed by atoms with E-state index in [2.05, 4.69) is 15.6 Å². The Kier molecular flexibility index (Phi) is 6.28. The largest absolute Gasteiger partial charge is 0.417 e. The first-order valence-electron chi connectivity index (χ1n) is 7.70. The first-order valence-corrected chi connectivity index (χ1v) is 8.08. The van der Waals surface area contributed by atoms with Crippen molar-refractivity contribution < 1.29 is 18.0 Å². The highest BCUT2D eigenvalue weighted by atomic mass is 35.5. The molecule has 2 rings (SSSR count). The van der Waals surface area contributed by atoms with Crippen LogP contribution in [0.25, 0.3) is 0 Å². The van der Waals surface area contributed by atoms with Gasteiger partial charge in [-0.2, -0.15) is 13.2 Å². The number of hydrogen-bond acceptors (Lipinski definition) is 4. The molecule has 0 spiro atoms. The molecule has 1 amide bonds. The third kappa shape index (κ3) is 4.98. The quantitative estimate of drug-likeness (QED) is 0.814. The van der Waals surface area contributed by atoms with E-state index in [-0.39, 0.29) is 29.7 Å². The number of amides is 1. The molecule has 0 saturated carbocycles. The summed E-state index contributed by atoms with van der Waals surface area (Å²) in [6, 6.07) is 0.821. The van der Waals surface area contributed by atoms with E-state index in [4.69, 9.17) is 11.6 Å². The SMILES string of the molecule is CNCC1CCN(C(=O)CCNc2ncc(C(F)(F)F)cc2Cl)C1. The fourth-order valence-corrected chi connectivity index (χ4v) is 2.92. The van der Waals surface area contributed by atoms with Crippen LogP contribution in [0.2, 0.25) is 5.02 Å². The molecule has 0 radical (unpaired) electrons. The van der Waals surface area contributed by atoms with Crippen molar-refractivity contribution in [1.82, 2.24) is 15.2 Å². The van der Waals surface area contributed by atoms with Gasteiger partial charge in [-0.1, -0.05) is 11.6 Å². The van der Waals surface area contributed by atoms with Crippen molar-refractivity contribution in [1.29, 1.82) is 0 Å². The smallest absolute Gasteiger partial charge is 0.368 e. The second-order valence-electron chi connectivity index (χ2n) is 5.78. The first-order chi connectivity index (χ1) is 11.3. The van der Waals surface area contributed by atoms with Crippen molar-refractivity contribution in [2.45, 2.75) is 19.0 Å². The number of carbonyl (C=O) groups excluding carboxylic acids is 1. The van der Waals surface area contributed by atoms with Crippen molar-refractivity contribution in [3.63, 3.8) is 0 Å². The van der Waals surface area contributed by atoms with Crippen LogP contribution in [-0.4, -0.2) is 49.0 Å². The van der Waals surface area contributed by atoms with Gasteiger partial charge in [0.2, 0.25) is 5.91 Å². The second kappa shape index (κ2) is 8.02. The Morgan fingerprint density at radius 1 is 1.50 bits per heavy atom. The number of rotatable bonds is 6. The van der Waals surface area contributed by atoms with Crippen molar-refractivity contribution in [3.8, 4) is 0 Å². The molecule has 5 nitrogen and oxygen atoms in total. The number of aromatic nitrogens is 1. The summed E-state index contributed by atoms with van der Waals surface area (Å²) in [6.07, 6.45) is -2.54. The van der Waals surface area contributed by atoms with Gasteiger partial charge in [-0.05, 0) is 32.0 Å². The summed E-state index contributed by atoms with van der Waals surface area (Å²) >= 11 is 5.80. The van der Waals surface area contributed by atoms with E-state index in [1.165, 1.54) is 0 Å². The Balaban J connectivity index is 1.81. The average molecular weight is 365 g/mol. The first kappa shape index (κ1) is 18.8. The van der Waals surface area contributed by atoms with E-state index in [0.29, 0.717) is 5.92 Å². The Morgan fingerprint density at radius 3 is 2.88 bits per heavy atom. The standard InChI is InChI=1S/C15H20ClF3N4O/c1-20-7-10-3-5-23(9-10)13(24)2-4-21-14-12(16)6-11(8-22-14)15(17,18)19/h6,8,10,20H,2-5,7,9H2,1H3,(H,21,22). The van der Waals surface area contributed by atoms with E-state index in [1.807, 2.05) is 11.9 Å². The zero-order chi connectivity index (χ0) is 17.7. The summed E-state index contributed by atoms with van der Waals surface area (Å²) in [6.45, 7) is 2.63. The number of likely N-dealkylation sites (tertiary alicyclic amines) is 1. The lowest BCUT2D eigenvalue weighted by atomic mass is 10.1. The van der Waals surface area contributed by atoms with E-state index >= 15 is 0 Å². The molecule has 1 aliphatic rings. The maximum Gasteiger partial charge on any atom is 0.417 e. The van der Waals surface area contributed by atoms with Gasteiger partial charge in [0.25, 0.3) is 0 Å². The molecule has 9 heteroatoms. The highest BCUT2D eigenvalue weighted by Gasteiger charge is 2.31. The minimum absolute atomic E-state index is 0.0177. The number of alkyl halides is 3. The maximum absolute atomic E-state index is 12.5. The molecule has 2 heterocycles. The van der Waals surface area contributed by atoms with E-state index < -0.39 is 11.7 Å². The molecule has 1 fully saturated rings. The number of nitrogens with one attached hydrogen (secondary N) is 2. The van der Waals surface area contributed by atoms with Crippen LogP contribution < -0.4 is 10.6 Å². The van der Waals surface area contributed by atoms with Gasteiger partial charge in [0, 0.05) is 32.3 Å². The highest BCUT2D eigenvalue weighted by molar-refractivity contribution is 6.32. The minimum atomic E-state index is -4.48. The van der Waals surface area contributed by atoms with Crippen LogP contribution in [0.5, 0.6) is 0 Å². The van der Waals surface area contributed by atoms with Gasteiger partial charge in [-0.15, -0.1) is 0 Å². The molecule has 1 saturated heterocycles. The Morgan fingerprint density at radius 2 is 2.25 bits per heavy atom. The second-order valence-corrected chi connectivity index (χ2v) is 6.19. The molecule has 0 aromatic carbocycles. The summed E-state index contributed by atoms with van der Waals surface area (Å²) in [4.78, 5) is 17.6. The summed E-state index contributed by atoms with van der Waals surface area (Å²) in [5.41, 5.74) is -0.901. The molecule has 1 unspecified atom stereocenters. The van der Waals surface area contributed by atoms with Crippen molar-refractivity contribution in [2.24, 2.45) is 5.92 Å². The number of nitrogens with zero attached hydrogens (tertiary/aromatic N) is 2. The Labute approximate surface area is 143 Å². The topological polar surface area (TPSA) is 57.3 Å². The van der Waals surface area contributed by atoms with Crippen LogP contribution >= 0.6 is 11.6 Å². The molecule has 0 bridgehead atoms. The van der Waals surface area contributed by atoms with E-state index in [0.717, 1.165) is 38.3 Å². The lowest BCUT2D eigenvalue weighted by Gasteiger charge is -2.17. The van der Waals surface area contributed by atoms with Gasteiger partial charge in [0.15, 0.2) is 0 Å². The average Bonchev–Trinajstić information content (AvgIpc) is 2.97. The third-order valence-corrected chi connectivity index (χ3v) is 4.22. The van der Waals surface area contributed by atoms with Crippen molar-refractivity contribution in [3.05, 3.63) is 22.8 Å². The van der Waals surface area contributed by atoms with Crippen LogP contribution in [0.1, 0.15) is 18.4 Å². The van der Waals surface area contributed by atoms with Gasteiger partial charge in [-0.3, -0.25) is 4.79 Å². The Bertz CT molecular complexity index is 582. The number of anilines is 1. The predicted molar refractivity (Wildman–Crippen MR) is 86.0 cm³/mol. The number of halogens is 4. The minimum Gasteiger partial charge on any atom is -0.368 e. The molecule has 134 valence electrons. The van der Waals surface area contributed by atoms with Crippen LogP contribution in [-0.2, 0) is 11.0 Å². The number of carbonyl (C=O) groups is 1. The fourth-order valence-electron chi connectivity index (χ4n) is 2.68. The summed E-state index contributed by atoms with van der Waals surface area (Å²) in [5.74, 6) is 0.633. The normalized spacial score (nSPS) is 18.0. The molecule has 1 atom stereocenters. The van der Waals surface area contributed by atoms with Crippen molar-refractivity contribution >= 4 is 23.3 Å². The number of hydrogen-bond donors (Lipinski definition) is 2. The van der Waals surface area contributed by atoms with Crippen LogP contribution in [0, 0.1) is 5.92 Å². The lowest BCUT2D eigenvalue weighted by Crippen LogP contribution is -2.31. The molecule has 1 aromatic rings. The lowest BCUT2D eigenvalue weighted by molar-refractivity contribution is -0.137. The summed E-state index contributed by atoms with van der Waals surface area (Å²) < 4.78 is 37.6. The molecule has 2 N–H and O–H groups in total. The van der Waals surface area contributed by atoms with Gasteiger partial charge < -0.3 is 15.5 Å². The van der Waals surface area contributed by atoms with Crippen molar-refractivity contribution in [2.75, 3.05) is 38.5 Å². The summed E-state index contributed by atoms with van der Waals surface area (Å²) in [7, 11) is 1.88. The van der Waals surface area contributed by atoms with Gasteiger partial charge in [0.05, 0.1) is 10.6 Å². The third-order valence-electron chi connectivity index (χ3n) is 3.93. The molecule has 1 aliphatic heterocycles. The monoisotopic (exact) mass is 364 g/mol. The predicted octanol–water partition coefficient (Wildman–Crippen LogP) is 2.62. The fraction of sp³-hybridized carbons (Fsp3) is 0.600. The van der Waals surface area contributed by atoms with Gasteiger partial charge in [-0.25, -0.2) is 4.98 Å². The van der Waals surface area contributed by atoms with Crippen LogP contribution in [0.15, 0.2) is 12.3 Å². The van der Waals surface area contributed by atoms with Crippen LogP contribution in [0.4, 0.5) is 19.0 Å². The molecular formula is C15H20ClF3N4O. The molecular weight excluding hydrogens is 345 g/mol. The zero-order valence-electron chi connectivity index (χ0n) is 13.3. The molecule has 0 aliphatic carbocycles. The number of pyridine rings is 1.